The summed E-state index contributed by atoms with van der Waals surface area (Å²) < 4.78 is 2.33. The molecule has 5 rings (SSSR count). The number of halogens is 1. The fourth-order valence-electron chi connectivity index (χ4n) is 4.30. The summed E-state index contributed by atoms with van der Waals surface area (Å²) in [5.41, 5.74) is 3.32. The lowest BCUT2D eigenvalue weighted by Gasteiger charge is -2.37. The van der Waals surface area contributed by atoms with Crippen LogP contribution in [0, 0.1) is 0 Å². The Labute approximate surface area is 187 Å². The Hall–Kier alpha value is -2.96. The Bertz CT molecular complexity index is 1150. The number of hydrogen-bond donors (Lipinski definition) is 0. The fourth-order valence-corrected chi connectivity index (χ4v) is 4.47. The van der Waals surface area contributed by atoms with Gasteiger partial charge in [0.15, 0.2) is 0 Å². The molecule has 6 nitrogen and oxygen atoms in total. The van der Waals surface area contributed by atoms with Crippen molar-refractivity contribution in [3.05, 3.63) is 83.4 Å². The van der Waals surface area contributed by atoms with E-state index < -0.39 is 0 Å². The van der Waals surface area contributed by atoms with Gasteiger partial charge < -0.3 is 9.47 Å². The van der Waals surface area contributed by atoms with E-state index in [0.29, 0.717) is 5.02 Å². The van der Waals surface area contributed by atoms with Gasteiger partial charge in [-0.05, 0) is 36.8 Å². The number of benzene rings is 2. The molecule has 0 saturated carbocycles. The van der Waals surface area contributed by atoms with E-state index in [1.54, 1.807) is 12.4 Å². The molecule has 0 radical (unpaired) electrons. The minimum Gasteiger partial charge on any atom is -0.338 e. The average Bonchev–Trinajstić information content (AvgIpc) is 3.17. The molecule has 2 aromatic heterocycles. The maximum atomic E-state index is 6.27. The third kappa shape index (κ3) is 4.13. The first-order valence-electron chi connectivity index (χ1n) is 10.6. The molecule has 0 N–H and O–H groups in total. The molecule has 1 aliphatic rings. The lowest BCUT2D eigenvalue weighted by Crippen LogP contribution is -2.48. The summed E-state index contributed by atoms with van der Waals surface area (Å²) in [5.74, 6) is 1.88. The molecule has 0 bridgehead atoms. The monoisotopic (exact) mass is 432 g/mol. The Balaban J connectivity index is 1.42. The number of fused-ring (bicyclic) bond motifs is 1. The first-order valence-corrected chi connectivity index (χ1v) is 11.0. The van der Waals surface area contributed by atoms with Gasteiger partial charge in [0.05, 0.1) is 17.1 Å². The van der Waals surface area contributed by atoms with Gasteiger partial charge in [-0.15, -0.1) is 0 Å². The van der Waals surface area contributed by atoms with Crippen LogP contribution in [0.3, 0.4) is 0 Å². The van der Waals surface area contributed by atoms with Gasteiger partial charge in [0.1, 0.15) is 5.82 Å². The van der Waals surface area contributed by atoms with E-state index in [-0.39, 0.29) is 6.04 Å². The molecule has 2 aromatic carbocycles. The minimum absolute atomic E-state index is 0.189. The van der Waals surface area contributed by atoms with Crippen LogP contribution in [0.1, 0.15) is 24.4 Å². The Morgan fingerprint density at radius 3 is 2.42 bits per heavy atom. The maximum absolute atomic E-state index is 6.27. The molecule has 0 unspecified atom stereocenters. The van der Waals surface area contributed by atoms with Gasteiger partial charge in [-0.3, -0.25) is 4.90 Å². The highest BCUT2D eigenvalue weighted by atomic mass is 35.5. The highest BCUT2D eigenvalue weighted by Crippen LogP contribution is 2.28. The zero-order chi connectivity index (χ0) is 21.2. The summed E-state index contributed by atoms with van der Waals surface area (Å²) in [4.78, 5) is 18.5. The van der Waals surface area contributed by atoms with Crippen molar-refractivity contribution in [3.8, 4) is 0 Å². The number of anilines is 1. The first kappa shape index (κ1) is 20.0. The third-order valence-electron chi connectivity index (χ3n) is 5.99. The van der Waals surface area contributed by atoms with Crippen LogP contribution in [-0.2, 0) is 6.54 Å². The van der Waals surface area contributed by atoms with Crippen LogP contribution in [-0.4, -0.2) is 50.6 Å². The van der Waals surface area contributed by atoms with Crippen LogP contribution in [0.25, 0.3) is 11.0 Å². The zero-order valence-electron chi connectivity index (χ0n) is 17.5. The second kappa shape index (κ2) is 8.65. The molecule has 0 aliphatic carbocycles. The van der Waals surface area contributed by atoms with Crippen LogP contribution in [0.5, 0.6) is 0 Å². The normalized spacial score (nSPS) is 16.0. The summed E-state index contributed by atoms with van der Waals surface area (Å²) in [5, 5.41) is 0.715. The Morgan fingerprint density at radius 1 is 0.935 bits per heavy atom. The zero-order valence-corrected chi connectivity index (χ0v) is 18.3. The summed E-state index contributed by atoms with van der Waals surface area (Å²) in [6.07, 6.45) is 3.60. The van der Waals surface area contributed by atoms with Crippen LogP contribution < -0.4 is 4.90 Å². The van der Waals surface area contributed by atoms with Crippen molar-refractivity contribution in [1.29, 1.82) is 0 Å². The first-order chi connectivity index (χ1) is 15.2. The van der Waals surface area contributed by atoms with Gasteiger partial charge in [-0.1, -0.05) is 41.9 Å². The molecule has 0 amide bonds. The van der Waals surface area contributed by atoms with Crippen molar-refractivity contribution in [1.82, 2.24) is 24.4 Å². The van der Waals surface area contributed by atoms with E-state index in [2.05, 4.69) is 67.7 Å². The second-order valence-electron chi connectivity index (χ2n) is 7.92. The van der Waals surface area contributed by atoms with Gasteiger partial charge >= 0.3 is 0 Å². The van der Waals surface area contributed by atoms with Crippen LogP contribution in [0.2, 0.25) is 5.02 Å². The Morgan fingerprint density at radius 2 is 1.68 bits per heavy atom. The SMILES string of the molecule is C[C@H](c1nc2cc(Cl)ccc2n1Cc1ccccc1)N1CCN(c2ncccn2)CC1. The molecule has 0 spiro atoms. The summed E-state index contributed by atoms with van der Waals surface area (Å²) >= 11 is 6.27. The predicted octanol–water partition coefficient (Wildman–Crippen LogP) is 4.41. The summed E-state index contributed by atoms with van der Waals surface area (Å²) in [6, 6.07) is 18.6. The number of hydrogen-bond acceptors (Lipinski definition) is 5. The molecule has 7 heteroatoms. The molecule has 1 saturated heterocycles. The fraction of sp³-hybridized carbons (Fsp3) is 0.292. The number of piperazine rings is 1. The van der Waals surface area contributed by atoms with Crippen molar-refractivity contribution < 1.29 is 0 Å². The van der Waals surface area contributed by atoms with Crippen molar-refractivity contribution in [2.24, 2.45) is 0 Å². The minimum atomic E-state index is 0.189. The third-order valence-corrected chi connectivity index (χ3v) is 6.23. The van der Waals surface area contributed by atoms with Gasteiger partial charge in [0, 0.05) is 50.1 Å². The molecule has 1 fully saturated rings. The maximum Gasteiger partial charge on any atom is 0.225 e. The van der Waals surface area contributed by atoms with E-state index in [4.69, 9.17) is 16.6 Å². The number of imidazole rings is 1. The van der Waals surface area contributed by atoms with Gasteiger partial charge in [-0.2, -0.15) is 0 Å². The second-order valence-corrected chi connectivity index (χ2v) is 8.36. The van der Waals surface area contributed by atoms with E-state index in [1.807, 2.05) is 18.2 Å². The quantitative estimate of drug-likeness (QED) is 0.467. The number of rotatable bonds is 5. The molecule has 4 aromatic rings. The van der Waals surface area contributed by atoms with E-state index in [9.17, 15) is 0 Å². The molecule has 31 heavy (non-hydrogen) atoms. The number of nitrogens with zero attached hydrogens (tertiary/aromatic N) is 6. The topological polar surface area (TPSA) is 50.1 Å². The van der Waals surface area contributed by atoms with Gasteiger partial charge in [-0.25, -0.2) is 15.0 Å². The van der Waals surface area contributed by atoms with Crippen LogP contribution in [0.15, 0.2) is 67.0 Å². The molecule has 158 valence electrons. The Kier molecular flexibility index (Phi) is 5.57. The average molecular weight is 433 g/mol. The van der Waals surface area contributed by atoms with E-state index in [0.717, 1.165) is 55.5 Å². The highest BCUT2D eigenvalue weighted by Gasteiger charge is 2.27. The summed E-state index contributed by atoms with van der Waals surface area (Å²) in [6.45, 7) is 6.72. The molecule has 1 aliphatic heterocycles. The molecule has 1 atom stereocenters. The lowest BCUT2D eigenvalue weighted by molar-refractivity contribution is 0.188. The van der Waals surface area contributed by atoms with Gasteiger partial charge in [0.25, 0.3) is 0 Å². The molecular weight excluding hydrogens is 408 g/mol. The van der Waals surface area contributed by atoms with Gasteiger partial charge in [0.2, 0.25) is 5.95 Å². The predicted molar refractivity (Wildman–Crippen MR) is 125 cm³/mol. The van der Waals surface area contributed by atoms with Crippen molar-refractivity contribution in [2.75, 3.05) is 31.1 Å². The van der Waals surface area contributed by atoms with E-state index >= 15 is 0 Å². The van der Waals surface area contributed by atoms with Crippen molar-refractivity contribution in [2.45, 2.75) is 19.5 Å². The van der Waals surface area contributed by atoms with Crippen molar-refractivity contribution in [3.63, 3.8) is 0 Å². The molecule has 3 heterocycles. The van der Waals surface area contributed by atoms with Crippen molar-refractivity contribution >= 4 is 28.6 Å². The number of aromatic nitrogens is 4. The van der Waals surface area contributed by atoms with Crippen LogP contribution in [0.4, 0.5) is 5.95 Å². The summed E-state index contributed by atoms with van der Waals surface area (Å²) in [7, 11) is 0. The van der Waals surface area contributed by atoms with Crippen LogP contribution >= 0.6 is 11.6 Å². The lowest BCUT2D eigenvalue weighted by atomic mass is 10.2. The smallest absolute Gasteiger partial charge is 0.225 e. The van der Waals surface area contributed by atoms with E-state index in [1.165, 1.54) is 5.56 Å². The standard InChI is InChI=1S/C24H25ClN6/c1-18(29-12-14-30(15-13-29)24-26-10-5-11-27-24)23-28-21-16-20(25)8-9-22(21)31(23)17-19-6-3-2-4-7-19/h2-11,16,18H,12-15,17H2,1H3/t18-/m1/s1. The largest absolute Gasteiger partial charge is 0.338 e. The molecular formula is C24H25ClN6. The highest BCUT2D eigenvalue weighted by molar-refractivity contribution is 6.31.